The molecule has 3 rings (SSSR count). The van der Waals surface area contributed by atoms with Gasteiger partial charge in [-0.1, -0.05) is 6.08 Å². The quantitative estimate of drug-likeness (QED) is 0.788. The lowest BCUT2D eigenvalue weighted by Crippen LogP contribution is -2.46. The zero-order valence-corrected chi connectivity index (χ0v) is 14.3. The predicted octanol–water partition coefficient (Wildman–Crippen LogP) is 3.93. The van der Waals surface area contributed by atoms with Crippen molar-refractivity contribution in [2.45, 2.75) is 57.8 Å². The first kappa shape index (κ1) is 16.6. The zero-order chi connectivity index (χ0) is 17.3. The molecule has 0 radical (unpaired) electrons. The van der Waals surface area contributed by atoms with Crippen molar-refractivity contribution in [2.75, 3.05) is 0 Å². The summed E-state index contributed by atoms with van der Waals surface area (Å²) in [5.74, 6) is 0.747. The van der Waals surface area contributed by atoms with Crippen LogP contribution in [0.5, 0.6) is 5.75 Å². The number of amides is 1. The number of fused-ring (bicyclic) bond motifs is 2. The first-order valence-corrected chi connectivity index (χ1v) is 8.29. The second kappa shape index (κ2) is 6.30. The van der Waals surface area contributed by atoms with E-state index in [0.29, 0.717) is 12.0 Å². The second-order valence-corrected chi connectivity index (χ2v) is 7.30. The molecular formula is C19H23NO4. The van der Waals surface area contributed by atoms with Crippen LogP contribution >= 0.6 is 0 Å². The van der Waals surface area contributed by atoms with Crippen molar-refractivity contribution < 1.29 is 19.1 Å². The number of carbonyl (C=O) groups is 2. The summed E-state index contributed by atoms with van der Waals surface area (Å²) in [4.78, 5) is 24.9. The van der Waals surface area contributed by atoms with Gasteiger partial charge in [0, 0.05) is 30.1 Å². The van der Waals surface area contributed by atoms with Gasteiger partial charge in [0.25, 0.3) is 0 Å². The molecule has 128 valence electrons. The molecule has 1 amide bonds. The Balaban J connectivity index is 1.63. The molecule has 5 heteroatoms. The second-order valence-electron chi connectivity index (χ2n) is 7.30. The number of piperidine rings is 1. The first-order valence-electron chi connectivity index (χ1n) is 8.29. The van der Waals surface area contributed by atoms with E-state index in [4.69, 9.17) is 9.47 Å². The van der Waals surface area contributed by atoms with Gasteiger partial charge in [-0.3, -0.25) is 9.69 Å². The minimum Gasteiger partial charge on any atom is -0.490 e. The van der Waals surface area contributed by atoms with Crippen LogP contribution in [0.15, 0.2) is 36.0 Å². The van der Waals surface area contributed by atoms with Crippen molar-refractivity contribution in [3.63, 3.8) is 0 Å². The highest BCUT2D eigenvalue weighted by molar-refractivity contribution is 5.74. The highest BCUT2D eigenvalue weighted by Crippen LogP contribution is 2.37. The molecule has 0 aliphatic carbocycles. The van der Waals surface area contributed by atoms with Crippen molar-refractivity contribution in [2.24, 2.45) is 0 Å². The third-order valence-corrected chi connectivity index (χ3v) is 4.18. The summed E-state index contributed by atoms with van der Waals surface area (Å²) >= 11 is 0. The van der Waals surface area contributed by atoms with Gasteiger partial charge < -0.3 is 9.47 Å². The SMILES string of the molecule is CC(C)(C)OC(=O)N1C2=CC[C@H]1C[C@@H](Oc1ccc(C=O)cc1)C2. The molecule has 1 aromatic carbocycles. The van der Waals surface area contributed by atoms with Crippen molar-refractivity contribution in [3.05, 3.63) is 41.6 Å². The van der Waals surface area contributed by atoms with E-state index >= 15 is 0 Å². The van der Waals surface area contributed by atoms with Crippen LogP contribution in [0.2, 0.25) is 0 Å². The number of aldehydes is 1. The van der Waals surface area contributed by atoms with Crippen LogP contribution < -0.4 is 4.74 Å². The molecule has 1 aromatic rings. The van der Waals surface area contributed by atoms with Gasteiger partial charge in [-0.15, -0.1) is 0 Å². The summed E-state index contributed by atoms with van der Waals surface area (Å²) in [5, 5.41) is 0. The highest BCUT2D eigenvalue weighted by Gasteiger charge is 2.41. The van der Waals surface area contributed by atoms with Crippen LogP contribution in [0, 0.1) is 0 Å². The van der Waals surface area contributed by atoms with Gasteiger partial charge in [0.05, 0.1) is 0 Å². The third kappa shape index (κ3) is 3.61. The Bertz CT molecular complexity index is 657. The van der Waals surface area contributed by atoms with Gasteiger partial charge in [-0.25, -0.2) is 4.79 Å². The molecule has 1 saturated heterocycles. The van der Waals surface area contributed by atoms with Gasteiger partial charge in [-0.2, -0.15) is 0 Å². The minimum atomic E-state index is -0.495. The Hall–Kier alpha value is -2.30. The number of nitrogens with zero attached hydrogens (tertiary/aromatic N) is 1. The molecule has 1 fully saturated rings. The van der Waals surface area contributed by atoms with Gasteiger partial charge in [-0.05, 0) is 51.5 Å². The fourth-order valence-electron chi connectivity index (χ4n) is 3.20. The molecule has 2 bridgehead atoms. The summed E-state index contributed by atoms with van der Waals surface area (Å²) in [6.45, 7) is 5.63. The number of hydrogen-bond donors (Lipinski definition) is 0. The van der Waals surface area contributed by atoms with Crippen LogP contribution in [-0.4, -0.2) is 35.0 Å². The maximum absolute atomic E-state index is 12.4. The van der Waals surface area contributed by atoms with Crippen LogP contribution in [-0.2, 0) is 4.74 Å². The van der Waals surface area contributed by atoms with Crippen LogP contribution in [0.4, 0.5) is 4.79 Å². The number of ether oxygens (including phenoxy) is 2. The van der Waals surface area contributed by atoms with Crippen molar-refractivity contribution in [1.29, 1.82) is 0 Å². The minimum absolute atomic E-state index is 0.0320. The predicted molar refractivity (Wildman–Crippen MR) is 90.0 cm³/mol. The lowest BCUT2D eigenvalue weighted by Gasteiger charge is -2.37. The molecule has 2 aliphatic heterocycles. The van der Waals surface area contributed by atoms with Gasteiger partial charge in [0.2, 0.25) is 0 Å². The number of benzene rings is 1. The lowest BCUT2D eigenvalue weighted by atomic mass is 10.0. The molecule has 2 atom stereocenters. The van der Waals surface area contributed by atoms with E-state index < -0.39 is 5.60 Å². The Kier molecular flexibility index (Phi) is 4.35. The Morgan fingerprint density at radius 1 is 1.25 bits per heavy atom. The van der Waals surface area contributed by atoms with E-state index in [1.165, 1.54) is 0 Å². The number of hydrogen-bond acceptors (Lipinski definition) is 4. The van der Waals surface area contributed by atoms with E-state index in [2.05, 4.69) is 6.08 Å². The van der Waals surface area contributed by atoms with Crippen molar-refractivity contribution >= 4 is 12.4 Å². The Morgan fingerprint density at radius 2 is 1.96 bits per heavy atom. The van der Waals surface area contributed by atoms with Crippen LogP contribution in [0.25, 0.3) is 0 Å². The van der Waals surface area contributed by atoms with Crippen molar-refractivity contribution in [3.8, 4) is 5.75 Å². The third-order valence-electron chi connectivity index (χ3n) is 4.18. The molecular weight excluding hydrogens is 306 g/mol. The first-order chi connectivity index (χ1) is 11.4. The summed E-state index contributed by atoms with van der Waals surface area (Å²) in [6, 6.07) is 7.20. The standard InChI is InChI=1S/C19H23NO4/c1-19(2,3)24-18(22)20-14-6-7-15(20)11-17(10-14)23-16-8-4-13(12-21)5-9-16/h4-6,8-9,12,15,17H,7,10-11H2,1-3H3/t15-,17-/m0/s1. The number of carbonyl (C=O) groups excluding carboxylic acids is 2. The summed E-state index contributed by atoms with van der Waals surface area (Å²) in [7, 11) is 0. The fraction of sp³-hybridized carbons (Fsp3) is 0.474. The largest absolute Gasteiger partial charge is 0.490 e. The van der Waals surface area contributed by atoms with E-state index in [1.54, 1.807) is 29.2 Å². The van der Waals surface area contributed by atoms with Gasteiger partial charge in [0.15, 0.2) is 0 Å². The smallest absolute Gasteiger partial charge is 0.414 e. The number of rotatable bonds is 3. The average Bonchev–Trinajstić information content (AvgIpc) is 2.78. The maximum Gasteiger partial charge on any atom is 0.414 e. The monoisotopic (exact) mass is 329 g/mol. The van der Waals surface area contributed by atoms with E-state index in [1.807, 2.05) is 20.8 Å². The topological polar surface area (TPSA) is 55.8 Å². The van der Waals surface area contributed by atoms with Gasteiger partial charge >= 0.3 is 6.09 Å². The Morgan fingerprint density at radius 3 is 2.54 bits per heavy atom. The lowest BCUT2D eigenvalue weighted by molar-refractivity contribution is 0.0141. The normalized spacial score (nSPS) is 22.8. The van der Waals surface area contributed by atoms with Gasteiger partial charge in [0.1, 0.15) is 23.7 Å². The van der Waals surface area contributed by atoms with Crippen LogP contribution in [0.1, 0.15) is 50.4 Å². The molecule has 0 unspecified atom stereocenters. The molecule has 0 aromatic heterocycles. The summed E-state index contributed by atoms with van der Waals surface area (Å²) in [5.41, 5.74) is 1.12. The van der Waals surface area contributed by atoms with Crippen LogP contribution in [0.3, 0.4) is 0 Å². The molecule has 0 saturated carbocycles. The summed E-state index contributed by atoms with van der Waals surface area (Å²) in [6.07, 6.45) is 4.98. The van der Waals surface area contributed by atoms with Crippen molar-refractivity contribution in [1.82, 2.24) is 4.90 Å². The molecule has 0 N–H and O–H groups in total. The average molecular weight is 329 g/mol. The molecule has 24 heavy (non-hydrogen) atoms. The fourth-order valence-corrected chi connectivity index (χ4v) is 3.20. The molecule has 2 heterocycles. The molecule has 2 aliphatic rings. The van der Waals surface area contributed by atoms with E-state index in [-0.39, 0.29) is 18.2 Å². The van der Waals surface area contributed by atoms with E-state index in [0.717, 1.165) is 30.6 Å². The zero-order valence-electron chi connectivity index (χ0n) is 14.3. The summed E-state index contributed by atoms with van der Waals surface area (Å²) < 4.78 is 11.5. The molecule has 0 spiro atoms. The highest BCUT2D eigenvalue weighted by atomic mass is 16.6. The Labute approximate surface area is 142 Å². The molecule has 5 nitrogen and oxygen atoms in total. The van der Waals surface area contributed by atoms with E-state index in [9.17, 15) is 9.59 Å². The maximum atomic E-state index is 12.4.